The Kier molecular flexibility index (Phi) is 7.84. The minimum Gasteiger partial charge on any atom is -0.490 e. The lowest BCUT2D eigenvalue weighted by Gasteiger charge is -2.37. The fourth-order valence-electron chi connectivity index (χ4n) is 6.59. The van der Waals surface area contributed by atoms with Crippen molar-refractivity contribution < 1.29 is 9.47 Å². The Morgan fingerprint density at radius 3 is 2.64 bits per heavy atom. The van der Waals surface area contributed by atoms with Crippen molar-refractivity contribution in [3.63, 3.8) is 0 Å². The summed E-state index contributed by atoms with van der Waals surface area (Å²) in [5.41, 5.74) is 8.07. The van der Waals surface area contributed by atoms with Crippen LogP contribution in [0.2, 0.25) is 5.02 Å². The van der Waals surface area contributed by atoms with Crippen LogP contribution in [0.4, 0.5) is 11.4 Å². The normalized spacial score (nSPS) is 18.7. The van der Waals surface area contributed by atoms with Gasteiger partial charge in [-0.3, -0.25) is 4.99 Å². The van der Waals surface area contributed by atoms with E-state index in [-0.39, 0.29) is 6.04 Å². The van der Waals surface area contributed by atoms with Crippen LogP contribution < -0.4 is 14.8 Å². The van der Waals surface area contributed by atoms with Crippen LogP contribution in [-0.4, -0.2) is 12.8 Å². The van der Waals surface area contributed by atoms with Crippen molar-refractivity contribution >= 4 is 40.0 Å². The van der Waals surface area contributed by atoms with Crippen LogP contribution in [0.25, 0.3) is 10.8 Å². The van der Waals surface area contributed by atoms with Gasteiger partial charge in [0.1, 0.15) is 6.61 Å². The second kappa shape index (κ2) is 12.2. The molecule has 1 N–H and O–H groups in total. The number of benzene rings is 5. The lowest BCUT2D eigenvalue weighted by Crippen LogP contribution is -2.29. The second-order valence-electron chi connectivity index (χ2n) is 11.6. The van der Waals surface area contributed by atoms with Crippen LogP contribution in [0.1, 0.15) is 53.1 Å². The summed E-state index contributed by atoms with van der Waals surface area (Å²) in [7, 11) is 0. The summed E-state index contributed by atoms with van der Waals surface area (Å²) in [4.78, 5) is 4.76. The molecule has 0 unspecified atom stereocenters. The Morgan fingerprint density at radius 2 is 1.77 bits per heavy atom. The van der Waals surface area contributed by atoms with Gasteiger partial charge in [0.25, 0.3) is 0 Å². The number of nitrogens with one attached hydrogen (secondary N) is 1. The van der Waals surface area contributed by atoms with Crippen molar-refractivity contribution in [1.82, 2.24) is 0 Å². The van der Waals surface area contributed by atoms with Crippen molar-refractivity contribution in [3.05, 3.63) is 142 Å². The molecule has 44 heavy (non-hydrogen) atoms. The number of hydrogen-bond donors (Lipinski definition) is 1. The smallest absolute Gasteiger partial charge is 0.180 e. The number of anilines is 1. The largest absolute Gasteiger partial charge is 0.490 e. The second-order valence-corrected chi connectivity index (χ2v) is 12.0. The van der Waals surface area contributed by atoms with Gasteiger partial charge in [-0.15, -0.1) is 0 Å². The molecule has 5 aromatic rings. The number of rotatable bonds is 8. The highest BCUT2D eigenvalue weighted by atomic mass is 35.5. The lowest BCUT2D eigenvalue weighted by molar-refractivity contribution is 0.270. The van der Waals surface area contributed by atoms with Crippen molar-refractivity contribution in [2.75, 3.05) is 11.9 Å². The molecule has 5 heteroatoms. The van der Waals surface area contributed by atoms with Crippen molar-refractivity contribution in [2.24, 2.45) is 10.9 Å². The average Bonchev–Trinajstić information content (AvgIpc) is 3.54. The van der Waals surface area contributed by atoms with Gasteiger partial charge in [0.05, 0.1) is 23.4 Å². The molecule has 4 nitrogen and oxygen atoms in total. The standard InChI is InChI=1S/C39H35ClN2O2/c1-3-43-37-22-26(21-35(40)39(37)44-24-29-10-6-9-27-8-4-5-11-31(27)29)23-41-30-17-15-28(16-18-30)38-33-13-7-12-32(33)34-20-25(2)14-19-36(34)42-38/h4-12,14-23,32-33,38,42H,3,13,24H2,1-2H3/t32-,33-,38-/m0/s1. The third kappa shape index (κ3) is 5.58. The van der Waals surface area contributed by atoms with Gasteiger partial charge < -0.3 is 14.8 Å². The molecule has 0 amide bonds. The van der Waals surface area contributed by atoms with E-state index < -0.39 is 0 Å². The summed E-state index contributed by atoms with van der Waals surface area (Å²) in [5, 5.41) is 6.67. The van der Waals surface area contributed by atoms with Crippen LogP contribution in [-0.2, 0) is 6.61 Å². The van der Waals surface area contributed by atoms with E-state index in [0.717, 1.165) is 28.6 Å². The molecule has 5 aromatic carbocycles. The van der Waals surface area contributed by atoms with E-state index >= 15 is 0 Å². The van der Waals surface area contributed by atoms with Crippen molar-refractivity contribution in [3.8, 4) is 11.5 Å². The highest BCUT2D eigenvalue weighted by molar-refractivity contribution is 6.32. The molecule has 0 saturated carbocycles. The molecule has 0 radical (unpaired) electrons. The molecule has 0 spiro atoms. The van der Waals surface area contributed by atoms with E-state index in [1.54, 1.807) is 0 Å². The first-order chi connectivity index (χ1) is 21.6. The van der Waals surface area contributed by atoms with Gasteiger partial charge in [-0.2, -0.15) is 0 Å². The number of allylic oxidation sites excluding steroid dienone is 2. The quantitative estimate of drug-likeness (QED) is 0.143. The van der Waals surface area contributed by atoms with Gasteiger partial charge in [-0.05, 0) is 89.5 Å². The van der Waals surface area contributed by atoms with Gasteiger partial charge in [0.15, 0.2) is 11.5 Å². The van der Waals surface area contributed by atoms with E-state index in [0.29, 0.717) is 41.6 Å². The molecule has 0 fully saturated rings. The lowest BCUT2D eigenvalue weighted by atomic mass is 9.76. The van der Waals surface area contributed by atoms with Crippen LogP contribution in [0.15, 0.2) is 114 Å². The minimum atomic E-state index is 0.261. The summed E-state index contributed by atoms with van der Waals surface area (Å²) in [6.07, 6.45) is 7.63. The summed E-state index contributed by atoms with van der Waals surface area (Å²) < 4.78 is 12.2. The van der Waals surface area contributed by atoms with E-state index in [1.807, 2.05) is 43.5 Å². The summed E-state index contributed by atoms with van der Waals surface area (Å²) in [6.45, 7) is 5.01. The summed E-state index contributed by atoms with van der Waals surface area (Å²) in [5.74, 6) is 2.12. The van der Waals surface area contributed by atoms with Crippen LogP contribution in [0.5, 0.6) is 11.5 Å². The van der Waals surface area contributed by atoms with E-state index in [4.69, 9.17) is 26.1 Å². The molecule has 0 aromatic heterocycles. The van der Waals surface area contributed by atoms with Crippen LogP contribution in [0, 0.1) is 12.8 Å². The zero-order valence-electron chi connectivity index (χ0n) is 25.0. The zero-order chi connectivity index (χ0) is 30.0. The first kappa shape index (κ1) is 28.2. The fraction of sp³-hybridized carbons (Fsp3) is 0.205. The van der Waals surface area contributed by atoms with Crippen LogP contribution in [0.3, 0.4) is 0 Å². The Morgan fingerprint density at radius 1 is 0.932 bits per heavy atom. The number of nitrogens with zero attached hydrogens (tertiary/aromatic N) is 1. The van der Waals surface area contributed by atoms with Crippen molar-refractivity contribution in [2.45, 2.75) is 38.8 Å². The molecule has 1 aliphatic carbocycles. The average molecular weight is 599 g/mol. The number of aliphatic imine (C=N–C) groups is 1. The van der Waals surface area contributed by atoms with Gasteiger partial charge in [-0.1, -0.05) is 96.0 Å². The number of aryl methyl sites for hydroxylation is 1. The first-order valence-electron chi connectivity index (χ1n) is 15.3. The summed E-state index contributed by atoms with van der Waals surface area (Å²) in [6, 6.07) is 33.9. The third-order valence-electron chi connectivity index (χ3n) is 8.72. The molecule has 3 atom stereocenters. The monoisotopic (exact) mass is 598 g/mol. The minimum absolute atomic E-state index is 0.261. The van der Waals surface area contributed by atoms with Crippen molar-refractivity contribution in [1.29, 1.82) is 0 Å². The predicted octanol–water partition coefficient (Wildman–Crippen LogP) is 10.4. The SMILES string of the molecule is CCOc1cc(C=Nc2ccc([C@@H]3Nc4ccc(C)cc4[C@H]4C=CC[C@@H]43)cc2)cc(Cl)c1OCc1cccc2ccccc12. The van der Waals surface area contributed by atoms with Crippen LogP contribution >= 0.6 is 11.6 Å². The molecule has 220 valence electrons. The fourth-order valence-corrected chi connectivity index (χ4v) is 6.87. The maximum absolute atomic E-state index is 6.75. The number of fused-ring (bicyclic) bond motifs is 4. The Bertz CT molecular complexity index is 1870. The topological polar surface area (TPSA) is 42.8 Å². The predicted molar refractivity (Wildman–Crippen MR) is 182 cm³/mol. The first-order valence-corrected chi connectivity index (χ1v) is 15.7. The Labute approximate surface area is 264 Å². The Hall–Kier alpha value is -4.54. The van der Waals surface area contributed by atoms with E-state index in [9.17, 15) is 0 Å². The highest BCUT2D eigenvalue weighted by Crippen LogP contribution is 2.50. The van der Waals surface area contributed by atoms with E-state index in [2.05, 4.69) is 91.1 Å². The van der Waals surface area contributed by atoms with E-state index in [1.165, 1.54) is 27.8 Å². The molecule has 1 aliphatic heterocycles. The molecule has 2 aliphatic rings. The summed E-state index contributed by atoms with van der Waals surface area (Å²) >= 11 is 6.75. The third-order valence-corrected chi connectivity index (χ3v) is 9.00. The molecular weight excluding hydrogens is 564 g/mol. The number of hydrogen-bond acceptors (Lipinski definition) is 4. The molecular formula is C39H35ClN2O2. The number of halogens is 1. The van der Waals surface area contributed by atoms with Gasteiger partial charge in [0, 0.05) is 17.8 Å². The molecule has 7 rings (SSSR count). The van der Waals surface area contributed by atoms with Gasteiger partial charge in [0.2, 0.25) is 0 Å². The molecule has 0 bridgehead atoms. The molecule has 1 heterocycles. The maximum atomic E-state index is 6.75. The zero-order valence-corrected chi connectivity index (χ0v) is 25.7. The highest BCUT2D eigenvalue weighted by Gasteiger charge is 2.37. The maximum Gasteiger partial charge on any atom is 0.180 e. The van der Waals surface area contributed by atoms with Gasteiger partial charge >= 0.3 is 0 Å². The molecule has 0 saturated heterocycles. The number of ether oxygens (including phenoxy) is 2. The Balaban J connectivity index is 1.08. The van der Waals surface area contributed by atoms with Gasteiger partial charge in [-0.25, -0.2) is 0 Å².